The predicted molar refractivity (Wildman–Crippen MR) is 143 cm³/mol. The summed E-state index contributed by atoms with van der Waals surface area (Å²) in [4.78, 5) is 28.8. The van der Waals surface area contributed by atoms with E-state index < -0.39 is 11.4 Å². The van der Waals surface area contributed by atoms with Gasteiger partial charge in [-0.05, 0) is 58.2 Å². The fourth-order valence-electron chi connectivity index (χ4n) is 5.51. The Kier molecular flexibility index (Phi) is 7.19. The van der Waals surface area contributed by atoms with Crippen LogP contribution in [0.5, 0.6) is 0 Å². The van der Waals surface area contributed by atoms with Crippen LogP contribution in [-0.4, -0.2) is 81.1 Å². The molecule has 0 unspecified atom stereocenters. The number of aliphatic carboxylic acids is 1. The molecule has 2 aromatic heterocycles. The fraction of sp³-hybridized carbons (Fsp3) is 0.519. The van der Waals surface area contributed by atoms with Crippen LogP contribution in [0.15, 0.2) is 36.7 Å². The van der Waals surface area contributed by atoms with Gasteiger partial charge in [-0.2, -0.15) is 0 Å². The summed E-state index contributed by atoms with van der Waals surface area (Å²) in [6, 6.07) is 8.44. The largest absolute Gasteiger partial charge is 0.481 e. The van der Waals surface area contributed by atoms with E-state index in [9.17, 15) is 9.90 Å². The highest BCUT2D eigenvalue weighted by Gasteiger charge is 2.32. The van der Waals surface area contributed by atoms with Crippen LogP contribution < -0.4 is 5.32 Å². The Morgan fingerprint density at radius 2 is 1.94 bits per heavy atom. The fourth-order valence-corrected chi connectivity index (χ4v) is 5.70. The molecule has 0 spiro atoms. The number of anilines is 1. The summed E-state index contributed by atoms with van der Waals surface area (Å²) in [6.45, 7) is 9.33. The zero-order valence-electron chi connectivity index (χ0n) is 21.0. The molecule has 1 atom stereocenters. The summed E-state index contributed by atoms with van der Waals surface area (Å²) < 4.78 is 0. The lowest BCUT2D eigenvalue weighted by molar-refractivity contribution is -0.148. The zero-order chi connectivity index (χ0) is 25.3. The summed E-state index contributed by atoms with van der Waals surface area (Å²) in [5.74, 6) is 0.549. The predicted octanol–water partition coefficient (Wildman–Crippen LogP) is 4.59. The number of rotatable bonds is 8. The van der Waals surface area contributed by atoms with E-state index in [4.69, 9.17) is 16.6 Å². The van der Waals surface area contributed by atoms with Crippen molar-refractivity contribution in [3.63, 3.8) is 0 Å². The molecule has 2 aliphatic heterocycles. The van der Waals surface area contributed by atoms with Gasteiger partial charge in [0.2, 0.25) is 5.95 Å². The molecule has 9 heteroatoms. The van der Waals surface area contributed by atoms with E-state index in [1.807, 2.05) is 38.2 Å². The topological polar surface area (TPSA) is 97.4 Å². The molecule has 3 N–H and O–H groups in total. The number of carboxylic acids is 1. The number of aromatic nitrogens is 3. The summed E-state index contributed by atoms with van der Waals surface area (Å²) in [5.41, 5.74) is 2.07. The zero-order valence-corrected chi connectivity index (χ0v) is 21.8. The standard InChI is InChI=1S/C27H35ClN6O2/c1-27(2,25(35)36)17-33-10-7-18(8-11-33)15-34-12-9-19(16-34)31-26-30-14-22(28)24(32-26)21-13-29-23-6-4-3-5-20(21)23/h3-6,13-14,18-19,29H,7-12,15-17H2,1-2H3,(H,35,36)(H,30,31,32)/t19-/m1/s1. The molecule has 2 aliphatic rings. The van der Waals surface area contributed by atoms with E-state index in [0.29, 0.717) is 29.5 Å². The third-order valence-corrected chi connectivity index (χ3v) is 7.89. The van der Waals surface area contributed by atoms with E-state index in [0.717, 1.165) is 74.1 Å². The summed E-state index contributed by atoms with van der Waals surface area (Å²) in [7, 11) is 0. The molecule has 1 aromatic carbocycles. The highest BCUT2D eigenvalue weighted by molar-refractivity contribution is 6.33. The van der Waals surface area contributed by atoms with E-state index in [-0.39, 0.29) is 0 Å². The number of para-hydroxylation sites is 1. The van der Waals surface area contributed by atoms with E-state index in [2.05, 4.69) is 31.2 Å². The molecular formula is C27H35ClN6O2. The maximum atomic E-state index is 11.4. The van der Waals surface area contributed by atoms with Crippen LogP contribution in [0.1, 0.15) is 33.1 Å². The molecule has 192 valence electrons. The van der Waals surface area contributed by atoms with Gasteiger partial charge in [-0.1, -0.05) is 29.8 Å². The van der Waals surface area contributed by atoms with Crippen molar-refractivity contribution in [2.45, 2.75) is 39.2 Å². The molecule has 0 aliphatic carbocycles. The van der Waals surface area contributed by atoms with Crippen molar-refractivity contribution in [3.8, 4) is 11.3 Å². The van der Waals surface area contributed by atoms with Gasteiger partial charge in [0.05, 0.1) is 22.3 Å². The number of nitrogens with zero attached hydrogens (tertiary/aromatic N) is 4. The van der Waals surface area contributed by atoms with Gasteiger partial charge in [0.1, 0.15) is 0 Å². The lowest BCUT2D eigenvalue weighted by atomic mass is 9.90. The van der Waals surface area contributed by atoms with Crippen LogP contribution in [0.4, 0.5) is 5.95 Å². The highest BCUT2D eigenvalue weighted by Crippen LogP contribution is 2.32. The van der Waals surface area contributed by atoms with Crippen LogP contribution in [0, 0.1) is 11.3 Å². The molecule has 5 rings (SSSR count). The number of carboxylic acid groups (broad SMARTS) is 1. The maximum Gasteiger partial charge on any atom is 0.310 e. The lowest BCUT2D eigenvalue weighted by Crippen LogP contribution is -2.44. The molecule has 4 heterocycles. The second-order valence-corrected chi connectivity index (χ2v) is 11.3. The molecule has 0 amide bonds. The second-order valence-electron chi connectivity index (χ2n) is 10.9. The Bertz CT molecular complexity index is 1220. The number of nitrogens with one attached hydrogen (secondary N) is 2. The molecule has 3 aromatic rings. The second kappa shape index (κ2) is 10.4. The average Bonchev–Trinajstić information content (AvgIpc) is 3.48. The number of hydrogen-bond acceptors (Lipinski definition) is 6. The number of carbonyl (C=O) groups is 1. The van der Waals surface area contributed by atoms with Gasteiger partial charge in [-0.3, -0.25) is 4.79 Å². The van der Waals surface area contributed by atoms with Crippen LogP contribution >= 0.6 is 11.6 Å². The first-order valence-corrected chi connectivity index (χ1v) is 13.2. The number of H-pyrrole nitrogens is 1. The summed E-state index contributed by atoms with van der Waals surface area (Å²) in [5, 5.41) is 14.6. The Hall–Kier alpha value is -2.68. The van der Waals surface area contributed by atoms with Crippen molar-refractivity contribution in [3.05, 3.63) is 41.7 Å². The maximum absolute atomic E-state index is 11.4. The molecule has 0 bridgehead atoms. The molecule has 36 heavy (non-hydrogen) atoms. The van der Waals surface area contributed by atoms with Crippen molar-refractivity contribution in [2.75, 3.05) is 44.6 Å². The molecule has 0 saturated carbocycles. The van der Waals surface area contributed by atoms with Crippen LogP contribution in [0.3, 0.4) is 0 Å². The normalized spacial score (nSPS) is 20.2. The van der Waals surface area contributed by atoms with Crippen molar-refractivity contribution < 1.29 is 9.90 Å². The number of likely N-dealkylation sites (tertiary alicyclic amines) is 2. The van der Waals surface area contributed by atoms with E-state index in [1.165, 1.54) is 0 Å². The first-order chi connectivity index (χ1) is 17.3. The SMILES string of the molecule is CC(C)(CN1CCC(CN2CC[C@@H](Nc3ncc(Cl)c(-c4c[nH]c5ccccc45)n3)C2)CC1)C(=O)O. The average molecular weight is 511 g/mol. The minimum Gasteiger partial charge on any atom is -0.481 e. The molecule has 0 radical (unpaired) electrons. The van der Waals surface area contributed by atoms with Crippen LogP contribution in [0.25, 0.3) is 22.2 Å². The van der Waals surface area contributed by atoms with E-state index >= 15 is 0 Å². The third-order valence-electron chi connectivity index (χ3n) is 7.62. The van der Waals surface area contributed by atoms with Gasteiger partial charge in [0.25, 0.3) is 0 Å². The van der Waals surface area contributed by atoms with Crippen LogP contribution in [-0.2, 0) is 4.79 Å². The number of piperidine rings is 1. The first-order valence-electron chi connectivity index (χ1n) is 12.8. The number of hydrogen-bond donors (Lipinski definition) is 3. The van der Waals surface area contributed by atoms with Crippen molar-refractivity contribution in [1.82, 2.24) is 24.8 Å². The minimum atomic E-state index is -0.724. The number of fused-ring (bicyclic) bond motifs is 1. The van der Waals surface area contributed by atoms with Crippen molar-refractivity contribution in [2.24, 2.45) is 11.3 Å². The quantitative estimate of drug-likeness (QED) is 0.408. The van der Waals surface area contributed by atoms with Crippen LogP contribution in [0.2, 0.25) is 5.02 Å². The third kappa shape index (κ3) is 5.51. The van der Waals surface area contributed by atoms with Gasteiger partial charge in [-0.15, -0.1) is 0 Å². The van der Waals surface area contributed by atoms with Gasteiger partial charge in [0, 0.05) is 54.9 Å². The monoisotopic (exact) mass is 510 g/mol. The van der Waals surface area contributed by atoms with Gasteiger partial charge in [-0.25, -0.2) is 9.97 Å². The van der Waals surface area contributed by atoms with Crippen molar-refractivity contribution >= 4 is 34.4 Å². The molecule has 2 saturated heterocycles. The molecular weight excluding hydrogens is 476 g/mol. The first kappa shape index (κ1) is 25.0. The number of aromatic amines is 1. The smallest absolute Gasteiger partial charge is 0.310 e. The van der Waals surface area contributed by atoms with Gasteiger partial charge in [0.15, 0.2) is 0 Å². The number of halogens is 1. The summed E-state index contributed by atoms with van der Waals surface area (Å²) in [6.07, 6.45) is 6.94. The minimum absolute atomic E-state index is 0.304. The van der Waals surface area contributed by atoms with E-state index in [1.54, 1.807) is 6.20 Å². The lowest BCUT2D eigenvalue weighted by Gasteiger charge is -2.36. The molecule has 8 nitrogen and oxygen atoms in total. The van der Waals surface area contributed by atoms with Gasteiger partial charge >= 0.3 is 5.97 Å². The Balaban J connectivity index is 1.14. The highest BCUT2D eigenvalue weighted by atomic mass is 35.5. The van der Waals surface area contributed by atoms with Crippen molar-refractivity contribution in [1.29, 1.82) is 0 Å². The Morgan fingerprint density at radius 3 is 2.72 bits per heavy atom. The molecule has 2 fully saturated rings. The Labute approximate surface area is 217 Å². The van der Waals surface area contributed by atoms with Gasteiger partial charge < -0.3 is 25.2 Å². The number of benzene rings is 1. The summed E-state index contributed by atoms with van der Waals surface area (Å²) >= 11 is 6.49. The Morgan fingerprint density at radius 1 is 1.19 bits per heavy atom.